The molecule has 0 bridgehead atoms. The Morgan fingerprint density at radius 3 is 2.50 bits per heavy atom. The minimum atomic E-state index is -1.00. The summed E-state index contributed by atoms with van der Waals surface area (Å²) in [5.74, 6) is -0.190. The second-order valence-corrected chi connectivity index (χ2v) is 5.43. The monoisotopic (exact) mass is 278 g/mol. The van der Waals surface area contributed by atoms with Gasteiger partial charge in [-0.2, -0.15) is 0 Å². The largest absolute Gasteiger partial charge is 0.504 e. The first-order valence-electron chi connectivity index (χ1n) is 7.00. The predicted molar refractivity (Wildman–Crippen MR) is 71.5 cm³/mol. The summed E-state index contributed by atoms with van der Waals surface area (Å²) in [7, 11) is 0. The fraction of sp³-hybridized carbons (Fsp3) is 0.533. The molecule has 0 atom stereocenters. The van der Waals surface area contributed by atoms with Crippen molar-refractivity contribution in [2.45, 2.75) is 37.5 Å². The summed E-state index contributed by atoms with van der Waals surface area (Å²) >= 11 is 0. The summed E-state index contributed by atoms with van der Waals surface area (Å²) in [6.45, 7) is 0.806. The molecular formula is C15H18O5. The normalized spacial score (nSPS) is 20.4. The van der Waals surface area contributed by atoms with Gasteiger partial charge in [-0.05, 0) is 18.9 Å². The van der Waals surface area contributed by atoms with Gasteiger partial charge in [0.25, 0.3) is 0 Å². The van der Waals surface area contributed by atoms with Gasteiger partial charge >= 0.3 is 5.97 Å². The third kappa shape index (κ3) is 1.88. The van der Waals surface area contributed by atoms with E-state index < -0.39 is 11.4 Å². The van der Waals surface area contributed by atoms with Crippen LogP contribution >= 0.6 is 0 Å². The predicted octanol–water partition coefficient (Wildman–Crippen LogP) is 2.45. The molecule has 1 aromatic carbocycles. The minimum absolute atomic E-state index is 0.0773. The highest BCUT2D eigenvalue weighted by atomic mass is 16.6. The van der Waals surface area contributed by atoms with E-state index in [4.69, 9.17) is 9.47 Å². The van der Waals surface area contributed by atoms with E-state index in [2.05, 4.69) is 0 Å². The van der Waals surface area contributed by atoms with Crippen LogP contribution in [0.3, 0.4) is 0 Å². The van der Waals surface area contributed by atoms with Gasteiger partial charge in [0.05, 0.1) is 5.41 Å². The van der Waals surface area contributed by atoms with Crippen molar-refractivity contribution in [1.29, 1.82) is 0 Å². The molecule has 3 rings (SSSR count). The molecule has 108 valence electrons. The zero-order chi connectivity index (χ0) is 14.2. The molecule has 5 heteroatoms. The van der Waals surface area contributed by atoms with Crippen molar-refractivity contribution in [1.82, 2.24) is 0 Å². The first-order valence-corrected chi connectivity index (χ1v) is 7.00. The number of phenolic OH excluding ortho intramolecular Hbond substituents is 1. The number of fused-ring (bicyclic) bond motifs is 1. The van der Waals surface area contributed by atoms with E-state index in [0.717, 1.165) is 19.3 Å². The summed E-state index contributed by atoms with van der Waals surface area (Å²) in [4.78, 5) is 11.8. The molecule has 20 heavy (non-hydrogen) atoms. The molecule has 1 aromatic rings. The van der Waals surface area contributed by atoms with E-state index in [1.807, 2.05) is 0 Å². The summed E-state index contributed by atoms with van der Waals surface area (Å²) in [6, 6.07) is 3.37. The topological polar surface area (TPSA) is 76.0 Å². The van der Waals surface area contributed by atoms with Gasteiger partial charge < -0.3 is 19.7 Å². The molecule has 0 amide bonds. The Morgan fingerprint density at radius 1 is 1.10 bits per heavy atom. The van der Waals surface area contributed by atoms with Gasteiger partial charge in [0.2, 0.25) is 5.75 Å². The van der Waals surface area contributed by atoms with Crippen molar-refractivity contribution >= 4 is 5.97 Å². The highest BCUT2D eigenvalue weighted by Crippen LogP contribution is 2.49. The number of carboxylic acids is 1. The molecule has 2 aliphatic rings. The van der Waals surface area contributed by atoms with Crippen molar-refractivity contribution in [3.8, 4) is 17.2 Å². The zero-order valence-corrected chi connectivity index (χ0v) is 11.2. The Hall–Kier alpha value is -1.91. The van der Waals surface area contributed by atoms with Gasteiger partial charge in [-0.1, -0.05) is 25.3 Å². The number of benzene rings is 1. The van der Waals surface area contributed by atoms with E-state index in [1.54, 1.807) is 12.1 Å². The average Bonchev–Trinajstić information content (AvgIpc) is 2.48. The van der Waals surface area contributed by atoms with Crippen LogP contribution < -0.4 is 9.47 Å². The number of hydrogen-bond acceptors (Lipinski definition) is 4. The second-order valence-electron chi connectivity index (χ2n) is 5.43. The summed E-state index contributed by atoms with van der Waals surface area (Å²) in [5.41, 5.74) is -0.549. The second kappa shape index (κ2) is 4.89. The van der Waals surface area contributed by atoms with Crippen LogP contribution in [0.2, 0.25) is 0 Å². The molecule has 0 saturated heterocycles. The van der Waals surface area contributed by atoms with Crippen LogP contribution in [0.5, 0.6) is 17.2 Å². The van der Waals surface area contributed by atoms with Gasteiger partial charge in [-0.3, -0.25) is 4.79 Å². The van der Waals surface area contributed by atoms with Crippen LogP contribution in [0.15, 0.2) is 12.1 Å². The third-order valence-corrected chi connectivity index (χ3v) is 4.31. The Labute approximate surface area is 117 Å². The smallest absolute Gasteiger partial charge is 0.314 e. The lowest BCUT2D eigenvalue weighted by Crippen LogP contribution is -2.38. The lowest BCUT2D eigenvalue weighted by molar-refractivity contribution is -0.145. The van der Waals surface area contributed by atoms with E-state index >= 15 is 0 Å². The van der Waals surface area contributed by atoms with E-state index in [9.17, 15) is 15.0 Å². The van der Waals surface area contributed by atoms with E-state index in [-0.39, 0.29) is 11.5 Å². The van der Waals surface area contributed by atoms with Crippen molar-refractivity contribution in [2.75, 3.05) is 13.2 Å². The molecule has 1 aliphatic carbocycles. The van der Waals surface area contributed by atoms with Crippen molar-refractivity contribution < 1.29 is 24.5 Å². The fourth-order valence-electron chi connectivity index (χ4n) is 3.24. The fourth-order valence-corrected chi connectivity index (χ4v) is 3.24. The molecule has 1 saturated carbocycles. The van der Waals surface area contributed by atoms with Gasteiger partial charge in [0.15, 0.2) is 11.5 Å². The quantitative estimate of drug-likeness (QED) is 0.869. The van der Waals surface area contributed by atoms with E-state index in [1.165, 1.54) is 0 Å². The number of carbonyl (C=O) groups is 1. The van der Waals surface area contributed by atoms with Crippen molar-refractivity contribution in [3.05, 3.63) is 17.7 Å². The third-order valence-electron chi connectivity index (χ3n) is 4.31. The Morgan fingerprint density at radius 2 is 1.80 bits per heavy atom. The minimum Gasteiger partial charge on any atom is -0.504 e. The molecule has 1 fully saturated rings. The first-order chi connectivity index (χ1) is 9.65. The van der Waals surface area contributed by atoms with Gasteiger partial charge in [0.1, 0.15) is 13.2 Å². The number of rotatable bonds is 2. The molecule has 0 radical (unpaired) electrons. The maximum Gasteiger partial charge on any atom is 0.314 e. The van der Waals surface area contributed by atoms with Crippen molar-refractivity contribution in [3.63, 3.8) is 0 Å². The molecule has 0 aromatic heterocycles. The lowest BCUT2D eigenvalue weighted by Gasteiger charge is -2.35. The number of aromatic hydroxyl groups is 1. The number of ether oxygens (including phenoxy) is 2. The summed E-state index contributed by atoms with van der Waals surface area (Å²) in [5, 5.41) is 20.1. The molecule has 1 aliphatic heterocycles. The highest BCUT2D eigenvalue weighted by Gasteiger charge is 2.44. The molecule has 0 unspecified atom stereocenters. The molecule has 2 N–H and O–H groups in total. The SMILES string of the molecule is O=C(O)C1(c2ccc3c(c2O)OCCO3)CCCCC1. The van der Waals surface area contributed by atoms with Gasteiger partial charge in [-0.15, -0.1) is 0 Å². The number of hydrogen-bond donors (Lipinski definition) is 2. The van der Waals surface area contributed by atoms with Crippen molar-refractivity contribution in [2.24, 2.45) is 0 Å². The van der Waals surface area contributed by atoms with Crippen LogP contribution in [-0.4, -0.2) is 29.4 Å². The molecule has 5 nitrogen and oxygen atoms in total. The molecular weight excluding hydrogens is 260 g/mol. The van der Waals surface area contributed by atoms with Crippen LogP contribution in [0, 0.1) is 0 Å². The standard InChI is InChI=1S/C15H18O5/c16-12-10(4-5-11-13(12)20-9-8-19-11)15(14(17)18)6-2-1-3-7-15/h4-5,16H,1-3,6-9H2,(H,17,18). The zero-order valence-electron chi connectivity index (χ0n) is 11.2. The number of aliphatic carboxylic acids is 1. The molecule has 1 heterocycles. The van der Waals surface area contributed by atoms with Crippen LogP contribution in [0.25, 0.3) is 0 Å². The molecule has 0 spiro atoms. The maximum atomic E-state index is 11.8. The Kier molecular flexibility index (Phi) is 3.20. The Bertz CT molecular complexity index is 531. The van der Waals surface area contributed by atoms with Crippen LogP contribution in [-0.2, 0) is 10.2 Å². The Balaban J connectivity index is 2.10. The van der Waals surface area contributed by atoms with Gasteiger partial charge in [0, 0.05) is 5.56 Å². The summed E-state index contributed by atoms with van der Waals surface area (Å²) < 4.78 is 10.9. The average molecular weight is 278 g/mol. The number of carboxylic acid groups (broad SMARTS) is 1. The maximum absolute atomic E-state index is 11.8. The lowest BCUT2D eigenvalue weighted by atomic mass is 9.69. The van der Waals surface area contributed by atoms with Gasteiger partial charge in [-0.25, -0.2) is 0 Å². The first kappa shape index (κ1) is 13.1. The van der Waals surface area contributed by atoms with E-state index in [0.29, 0.717) is 37.4 Å². The summed E-state index contributed by atoms with van der Waals surface area (Å²) in [6.07, 6.45) is 3.87. The number of phenols is 1. The highest BCUT2D eigenvalue weighted by molar-refractivity contribution is 5.83. The van der Waals surface area contributed by atoms with Crippen LogP contribution in [0.1, 0.15) is 37.7 Å². The van der Waals surface area contributed by atoms with Crippen LogP contribution in [0.4, 0.5) is 0 Å².